The van der Waals surface area contributed by atoms with E-state index in [1.165, 1.54) is 44.2 Å². The molecule has 0 aromatic carbocycles. The maximum atomic E-state index is 4.53. The second-order valence-electron chi connectivity index (χ2n) is 5.35. The van der Waals surface area contributed by atoms with E-state index >= 15 is 0 Å². The quantitative estimate of drug-likeness (QED) is 0.867. The lowest BCUT2D eigenvalue weighted by Gasteiger charge is -2.33. The van der Waals surface area contributed by atoms with Crippen LogP contribution in [0.1, 0.15) is 43.7 Å². The second-order valence-corrected chi connectivity index (χ2v) is 5.35. The lowest BCUT2D eigenvalue weighted by atomic mass is 9.96. The Labute approximate surface area is 103 Å². The van der Waals surface area contributed by atoms with Crippen molar-refractivity contribution in [3.8, 4) is 0 Å². The summed E-state index contributed by atoms with van der Waals surface area (Å²) in [7, 11) is 2.23. The number of rotatable bonds is 3. The van der Waals surface area contributed by atoms with Gasteiger partial charge in [0.25, 0.3) is 0 Å². The highest BCUT2D eigenvalue weighted by molar-refractivity contribution is 5.47. The van der Waals surface area contributed by atoms with Gasteiger partial charge < -0.3 is 5.32 Å². The highest BCUT2D eigenvalue weighted by Gasteiger charge is 2.27. The number of pyridine rings is 1. The van der Waals surface area contributed by atoms with Gasteiger partial charge in [-0.15, -0.1) is 0 Å². The highest BCUT2D eigenvalue weighted by atomic mass is 15.1. The molecule has 0 spiro atoms. The Morgan fingerprint density at radius 2 is 2.18 bits per heavy atom. The van der Waals surface area contributed by atoms with Crippen LogP contribution in [0.25, 0.3) is 0 Å². The minimum atomic E-state index is 0.554. The molecular formula is C14H21N3. The van der Waals surface area contributed by atoms with Gasteiger partial charge >= 0.3 is 0 Å². The minimum absolute atomic E-state index is 0.554. The molecule has 3 heteroatoms. The number of hydrogen-bond donors (Lipinski definition) is 1. The zero-order valence-electron chi connectivity index (χ0n) is 10.5. The fraction of sp³-hybridized carbons (Fsp3) is 0.643. The maximum absolute atomic E-state index is 4.53. The summed E-state index contributed by atoms with van der Waals surface area (Å²) in [5.41, 5.74) is 1.39. The molecule has 3 rings (SSSR count). The predicted molar refractivity (Wildman–Crippen MR) is 70.1 cm³/mol. The van der Waals surface area contributed by atoms with E-state index in [-0.39, 0.29) is 0 Å². The molecule has 92 valence electrons. The van der Waals surface area contributed by atoms with Gasteiger partial charge in [0, 0.05) is 23.8 Å². The molecule has 2 fully saturated rings. The Kier molecular flexibility index (Phi) is 3.02. The van der Waals surface area contributed by atoms with Crippen molar-refractivity contribution in [2.24, 2.45) is 0 Å². The predicted octanol–water partition coefficient (Wildman–Crippen LogP) is 2.81. The fourth-order valence-electron chi connectivity index (χ4n) is 2.70. The molecule has 1 aliphatic carbocycles. The summed E-state index contributed by atoms with van der Waals surface area (Å²) in [4.78, 5) is 7.00. The van der Waals surface area contributed by atoms with E-state index in [0.717, 1.165) is 5.82 Å². The van der Waals surface area contributed by atoms with Crippen LogP contribution in [0.3, 0.4) is 0 Å². The normalized spacial score (nSPS) is 25.8. The lowest BCUT2D eigenvalue weighted by Crippen LogP contribution is -2.30. The van der Waals surface area contributed by atoms with Gasteiger partial charge in [0.15, 0.2) is 0 Å². The monoisotopic (exact) mass is 231 g/mol. The van der Waals surface area contributed by atoms with Gasteiger partial charge in [-0.25, -0.2) is 4.98 Å². The summed E-state index contributed by atoms with van der Waals surface area (Å²) < 4.78 is 0. The third-order valence-corrected chi connectivity index (χ3v) is 3.89. The Morgan fingerprint density at radius 1 is 1.29 bits per heavy atom. The first-order valence-electron chi connectivity index (χ1n) is 6.76. The molecule has 3 nitrogen and oxygen atoms in total. The van der Waals surface area contributed by atoms with E-state index in [4.69, 9.17) is 0 Å². The zero-order valence-corrected chi connectivity index (χ0v) is 10.5. The molecule has 0 radical (unpaired) electrons. The molecule has 0 unspecified atom stereocenters. The first kappa shape index (κ1) is 11.0. The van der Waals surface area contributed by atoms with Crippen molar-refractivity contribution in [1.82, 2.24) is 9.88 Å². The zero-order chi connectivity index (χ0) is 11.7. The standard InChI is InChI=1S/C14H21N3/c1-17-10-3-2-6-13(17)12-5-4-9-15-14(12)16-11-7-8-11/h4-5,9,11,13H,2-3,6-8,10H2,1H3,(H,15,16)/t13-/m1/s1. The maximum Gasteiger partial charge on any atom is 0.130 e. The molecule has 1 aromatic rings. The molecule has 1 saturated carbocycles. The molecule has 1 aromatic heterocycles. The molecule has 1 saturated heterocycles. The van der Waals surface area contributed by atoms with Gasteiger partial charge in [-0.2, -0.15) is 0 Å². The molecule has 2 aliphatic rings. The number of anilines is 1. The van der Waals surface area contributed by atoms with Crippen molar-refractivity contribution in [3.63, 3.8) is 0 Å². The van der Waals surface area contributed by atoms with Gasteiger partial charge in [0.05, 0.1) is 0 Å². The minimum Gasteiger partial charge on any atom is -0.367 e. The van der Waals surface area contributed by atoms with Crippen molar-refractivity contribution in [2.75, 3.05) is 18.9 Å². The third-order valence-electron chi connectivity index (χ3n) is 3.89. The Morgan fingerprint density at radius 3 is 2.94 bits per heavy atom. The first-order valence-corrected chi connectivity index (χ1v) is 6.76. The van der Waals surface area contributed by atoms with E-state index in [2.05, 4.69) is 34.4 Å². The molecule has 1 atom stereocenters. The summed E-state index contributed by atoms with van der Waals surface area (Å²) >= 11 is 0. The van der Waals surface area contributed by atoms with Crippen molar-refractivity contribution in [3.05, 3.63) is 23.9 Å². The summed E-state index contributed by atoms with van der Waals surface area (Å²) in [6.45, 7) is 1.21. The summed E-state index contributed by atoms with van der Waals surface area (Å²) in [5, 5.41) is 3.56. The lowest BCUT2D eigenvalue weighted by molar-refractivity contribution is 0.187. The van der Waals surface area contributed by atoms with Crippen LogP contribution in [0.2, 0.25) is 0 Å². The van der Waals surface area contributed by atoms with Gasteiger partial charge in [0.1, 0.15) is 5.82 Å². The van der Waals surface area contributed by atoms with Gasteiger partial charge in [-0.1, -0.05) is 12.5 Å². The molecule has 1 N–H and O–H groups in total. The summed E-state index contributed by atoms with van der Waals surface area (Å²) in [6.07, 6.45) is 8.44. The number of aromatic nitrogens is 1. The van der Waals surface area contributed by atoms with E-state index in [9.17, 15) is 0 Å². The average molecular weight is 231 g/mol. The number of nitrogens with zero attached hydrogens (tertiary/aromatic N) is 2. The van der Waals surface area contributed by atoms with Crippen molar-refractivity contribution < 1.29 is 0 Å². The Hall–Kier alpha value is -1.09. The van der Waals surface area contributed by atoms with Gasteiger partial charge in [-0.05, 0) is 45.3 Å². The van der Waals surface area contributed by atoms with Crippen LogP contribution in [-0.4, -0.2) is 29.5 Å². The molecule has 2 heterocycles. The van der Waals surface area contributed by atoms with E-state index in [0.29, 0.717) is 12.1 Å². The smallest absolute Gasteiger partial charge is 0.130 e. The van der Waals surface area contributed by atoms with Crippen LogP contribution in [0.5, 0.6) is 0 Å². The van der Waals surface area contributed by atoms with Crippen LogP contribution in [0.15, 0.2) is 18.3 Å². The second kappa shape index (κ2) is 4.65. The van der Waals surface area contributed by atoms with Gasteiger partial charge in [0.2, 0.25) is 0 Å². The largest absolute Gasteiger partial charge is 0.367 e. The van der Waals surface area contributed by atoms with Crippen molar-refractivity contribution >= 4 is 5.82 Å². The number of likely N-dealkylation sites (tertiary alicyclic amines) is 1. The van der Waals surface area contributed by atoms with E-state index in [1.807, 2.05) is 6.20 Å². The summed E-state index contributed by atoms with van der Waals surface area (Å²) in [6, 6.07) is 5.54. The van der Waals surface area contributed by atoms with Gasteiger partial charge in [-0.3, -0.25) is 4.90 Å². The first-order chi connectivity index (χ1) is 8.34. The SMILES string of the molecule is CN1CCCC[C@@H]1c1cccnc1NC1CC1. The van der Waals surface area contributed by atoms with E-state index < -0.39 is 0 Å². The number of hydrogen-bond acceptors (Lipinski definition) is 3. The molecule has 0 bridgehead atoms. The topological polar surface area (TPSA) is 28.2 Å². The van der Waals surface area contributed by atoms with E-state index in [1.54, 1.807) is 0 Å². The highest BCUT2D eigenvalue weighted by Crippen LogP contribution is 2.34. The Bertz CT molecular complexity index is 387. The van der Waals surface area contributed by atoms with Crippen LogP contribution in [0, 0.1) is 0 Å². The molecule has 1 aliphatic heterocycles. The van der Waals surface area contributed by atoms with Crippen molar-refractivity contribution in [1.29, 1.82) is 0 Å². The van der Waals surface area contributed by atoms with Crippen LogP contribution in [-0.2, 0) is 0 Å². The number of nitrogens with one attached hydrogen (secondary N) is 1. The molecular weight excluding hydrogens is 210 g/mol. The van der Waals surface area contributed by atoms with Crippen LogP contribution >= 0.6 is 0 Å². The molecule has 0 amide bonds. The molecule has 17 heavy (non-hydrogen) atoms. The summed E-state index contributed by atoms with van der Waals surface area (Å²) in [5.74, 6) is 1.12. The third kappa shape index (κ3) is 2.44. The Balaban J connectivity index is 1.84. The van der Waals surface area contributed by atoms with Crippen molar-refractivity contribution in [2.45, 2.75) is 44.2 Å². The van der Waals surface area contributed by atoms with Crippen LogP contribution in [0.4, 0.5) is 5.82 Å². The number of piperidine rings is 1. The van der Waals surface area contributed by atoms with Crippen LogP contribution < -0.4 is 5.32 Å². The fourth-order valence-corrected chi connectivity index (χ4v) is 2.70. The average Bonchev–Trinajstić information content (AvgIpc) is 3.15.